The highest BCUT2D eigenvalue weighted by Crippen LogP contribution is 2.40. The lowest BCUT2D eigenvalue weighted by molar-refractivity contribution is 0.894. The molecule has 0 bridgehead atoms. The van der Waals surface area contributed by atoms with Crippen molar-refractivity contribution in [3.63, 3.8) is 0 Å². The van der Waals surface area contributed by atoms with Crippen LogP contribution in [0.4, 0.5) is 0 Å². The molecule has 4 heteroatoms. The van der Waals surface area contributed by atoms with Gasteiger partial charge in [-0.3, -0.25) is 4.57 Å². The van der Waals surface area contributed by atoms with Crippen molar-refractivity contribution in [3.05, 3.63) is 145 Å². The fraction of sp³-hybridized carbons (Fsp3) is 0.0263. The van der Waals surface area contributed by atoms with E-state index in [9.17, 15) is 0 Å². The molecule has 2 aromatic heterocycles. The first-order valence-corrected chi connectivity index (χ1v) is 15.2. The van der Waals surface area contributed by atoms with Crippen LogP contribution in [0.25, 0.3) is 66.5 Å². The van der Waals surface area contributed by atoms with E-state index in [1.54, 1.807) is 0 Å². The Kier molecular flexibility index (Phi) is 5.19. The van der Waals surface area contributed by atoms with Gasteiger partial charge in [0.05, 0.1) is 27.8 Å². The second kappa shape index (κ2) is 9.23. The van der Waals surface area contributed by atoms with Crippen LogP contribution in [-0.4, -0.2) is 14.1 Å². The predicted molar refractivity (Wildman–Crippen MR) is 176 cm³/mol. The lowest BCUT2D eigenvalue weighted by Gasteiger charge is -2.18. The largest absolute Gasteiger partial charge is 0.309 e. The number of nitrogens with zero attached hydrogens (tertiary/aromatic N) is 3. The van der Waals surface area contributed by atoms with Gasteiger partial charge in [-0.1, -0.05) is 103 Å². The maximum Gasteiger partial charge on any atom is 0.174 e. The molecule has 8 aromatic rings. The van der Waals surface area contributed by atoms with Crippen molar-refractivity contribution in [2.45, 2.75) is 10.9 Å². The summed E-state index contributed by atoms with van der Waals surface area (Å²) in [5, 5.41) is 3.56. The van der Waals surface area contributed by atoms with Crippen LogP contribution in [0, 0.1) is 0 Å². The van der Waals surface area contributed by atoms with Gasteiger partial charge < -0.3 is 4.57 Å². The number of thioether (sulfide) groups is 1. The van der Waals surface area contributed by atoms with E-state index in [4.69, 9.17) is 4.98 Å². The zero-order valence-corrected chi connectivity index (χ0v) is 23.6. The lowest BCUT2D eigenvalue weighted by atomic mass is 10.0. The van der Waals surface area contributed by atoms with E-state index in [0.717, 1.165) is 27.6 Å². The third-order valence-corrected chi connectivity index (χ3v) is 9.42. The van der Waals surface area contributed by atoms with Crippen molar-refractivity contribution in [2.75, 3.05) is 0 Å². The van der Waals surface area contributed by atoms with Gasteiger partial charge in [-0.05, 0) is 76.3 Å². The van der Waals surface area contributed by atoms with Crippen molar-refractivity contribution in [1.29, 1.82) is 0 Å². The van der Waals surface area contributed by atoms with Crippen LogP contribution in [0.1, 0.15) is 5.56 Å². The van der Waals surface area contributed by atoms with E-state index in [0.29, 0.717) is 0 Å². The summed E-state index contributed by atoms with van der Waals surface area (Å²) in [7, 11) is 0. The highest BCUT2D eigenvalue weighted by Gasteiger charge is 2.22. The molecule has 0 saturated carbocycles. The molecule has 0 N–H and O–H groups in total. The first kappa shape index (κ1) is 23.6. The molecular formula is C38H25N3S. The molecule has 0 atom stereocenters. The average Bonchev–Trinajstić information content (AvgIpc) is 3.60. The molecule has 0 fully saturated rings. The highest BCUT2D eigenvalue weighted by molar-refractivity contribution is 7.98. The lowest BCUT2D eigenvalue weighted by Crippen LogP contribution is -2.05. The molecule has 1 aliphatic heterocycles. The van der Waals surface area contributed by atoms with E-state index >= 15 is 0 Å². The molecule has 198 valence electrons. The van der Waals surface area contributed by atoms with Gasteiger partial charge in [0.25, 0.3) is 0 Å². The fourth-order valence-electron chi connectivity index (χ4n) is 6.43. The van der Waals surface area contributed by atoms with Crippen molar-refractivity contribution in [2.24, 2.45) is 0 Å². The van der Waals surface area contributed by atoms with E-state index in [1.165, 1.54) is 55.3 Å². The van der Waals surface area contributed by atoms with Crippen molar-refractivity contribution in [1.82, 2.24) is 14.1 Å². The Balaban J connectivity index is 1.31. The number of aromatic nitrogens is 3. The first-order valence-electron chi connectivity index (χ1n) is 14.2. The van der Waals surface area contributed by atoms with Crippen LogP contribution in [0.5, 0.6) is 0 Å². The van der Waals surface area contributed by atoms with Gasteiger partial charge in [0.15, 0.2) is 5.16 Å². The third kappa shape index (κ3) is 3.59. The summed E-state index contributed by atoms with van der Waals surface area (Å²) in [6, 6.07) is 50.4. The smallest absolute Gasteiger partial charge is 0.174 e. The number of fused-ring (bicyclic) bond motifs is 8. The highest BCUT2D eigenvalue weighted by atomic mass is 32.2. The second-order valence-electron chi connectivity index (χ2n) is 10.9. The van der Waals surface area contributed by atoms with Gasteiger partial charge in [0.2, 0.25) is 0 Å². The Hall–Kier alpha value is -5.06. The zero-order chi connectivity index (χ0) is 27.6. The van der Waals surface area contributed by atoms with Crippen LogP contribution in [-0.2, 0) is 5.75 Å². The molecule has 1 aliphatic rings. The van der Waals surface area contributed by atoms with Crippen LogP contribution < -0.4 is 0 Å². The van der Waals surface area contributed by atoms with Crippen LogP contribution in [0.15, 0.2) is 145 Å². The minimum atomic E-state index is 0.951. The van der Waals surface area contributed by atoms with Crippen LogP contribution >= 0.6 is 11.8 Å². The monoisotopic (exact) mass is 555 g/mol. The quantitative estimate of drug-likeness (QED) is 0.216. The zero-order valence-electron chi connectivity index (χ0n) is 22.7. The molecule has 42 heavy (non-hydrogen) atoms. The standard InChI is InChI=1S/C38H25N3S/c1-3-9-25(10-4-1)27-15-19-35-31(21-27)32-22-28(26-11-5-2-6-12-26)16-20-36(32)40(35)30-17-18-33-37(23-30)41-34-14-8-7-13-29(34)24-42-38(41)39-33/h1-23H,24H2. The van der Waals surface area contributed by atoms with Crippen molar-refractivity contribution in [3.8, 4) is 33.6 Å². The Labute approximate surface area is 247 Å². The summed E-state index contributed by atoms with van der Waals surface area (Å²) in [6.07, 6.45) is 0. The fourth-order valence-corrected chi connectivity index (χ4v) is 7.44. The minimum Gasteiger partial charge on any atom is -0.309 e. The maximum atomic E-state index is 5.01. The molecule has 6 aromatic carbocycles. The molecule has 3 heterocycles. The van der Waals surface area contributed by atoms with Crippen LogP contribution in [0.2, 0.25) is 0 Å². The molecule has 3 nitrogen and oxygen atoms in total. The number of benzene rings is 6. The van der Waals surface area contributed by atoms with Gasteiger partial charge in [0, 0.05) is 22.2 Å². The van der Waals surface area contributed by atoms with Crippen molar-refractivity contribution < 1.29 is 0 Å². The summed E-state index contributed by atoms with van der Waals surface area (Å²) in [6.45, 7) is 0. The Bertz CT molecular complexity index is 2200. The van der Waals surface area contributed by atoms with E-state index in [1.807, 2.05) is 11.8 Å². The molecule has 0 spiro atoms. The van der Waals surface area contributed by atoms with E-state index < -0.39 is 0 Å². The number of para-hydroxylation sites is 1. The van der Waals surface area contributed by atoms with E-state index in [2.05, 4.69) is 149 Å². The minimum absolute atomic E-state index is 0.951. The van der Waals surface area contributed by atoms with Gasteiger partial charge >= 0.3 is 0 Å². The average molecular weight is 556 g/mol. The van der Waals surface area contributed by atoms with Gasteiger partial charge in [-0.15, -0.1) is 0 Å². The molecule has 0 unspecified atom stereocenters. The summed E-state index contributed by atoms with van der Waals surface area (Å²) in [5.74, 6) is 0.951. The Morgan fingerprint density at radius 3 is 1.79 bits per heavy atom. The maximum absolute atomic E-state index is 5.01. The summed E-state index contributed by atoms with van der Waals surface area (Å²) < 4.78 is 4.74. The van der Waals surface area contributed by atoms with Gasteiger partial charge in [-0.25, -0.2) is 4.98 Å². The molecule has 0 radical (unpaired) electrons. The number of imidazole rings is 1. The molecular weight excluding hydrogens is 531 g/mol. The van der Waals surface area contributed by atoms with Gasteiger partial charge in [0.1, 0.15) is 0 Å². The van der Waals surface area contributed by atoms with E-state index in [-0.39, 0.29) is 0 Å². The number of hydrogen-bond acceptors (Lipinski definition) is 2. The molecule has 0 saturated heterocycles. The van der Waals surface area contributed by atoms with Crippen molar-refractivity contribution >= 4 is 44.6 Å². The normalized spacial score (nSPS) is 12.6. The Morgan fingerprint density at radius 2 is 1.12 bits per heavy atom. The Morgan fingerprint density at radius 1 is 0.500 bits per heavy atom. The van der Waals surface area contributed by atoms with Crippen LogP contribution in [0.3, 0.4) is 0 Å². The predicted octanol–water partition coefficient (Wildman–Crippen LogP) is 10.1. The third-order valence-electron chi connectivity index (χ3n) is 8.43. The topological polar surface area (TPSA) is 22.8 Å². The summed E-state index contributed by atoms with van der Waals surface area (Å²) in [4.78, 5) is 5.01. The second-order valence-corrected chi connectivity index (χ2v) is 11.8. The summed E-state index contributed by atoms with van der Waals surface area (Å²) in [5.41, 5.74) is 13.2. The number of hydrogen-bond donors (Lipinski definition) is 0. The number of rotatable bonds is 3. The first-order chi connectivity index (χ1) is 20.8. The van der Waals surface area contributed by atoms with Gasteiger partial charge in [-0.2, -0.15) is 0 Å². The molecule has 0 amide bonds. The molecule has 9 rings (SSSR count). The molecule has 0 aliphatic carbocycles. The summed E-state index contributed by atoms with van der Waals surface area (Å²) >= 11 is 1.81. The SMILES string of the molecule is c1ccc(-c2ccc3c(c2)c2cc(-c4ccccc4)ccc2n3-c2ccc3nc4n(c3c2)-c2ccccc2CS4)cc1.